The zero-order chi connectivity index (χ0) is 11.7. The number of nitrogens with zero attached hydrogens (tertiary/aromatic N) is 2. The molecule has 0 radical (unpaired) electrons. The normalized spacial score (nSPS) is 30.2. The molecule has 17 heavy (non-hydrogen) atoms. The van der Waals surface area contributed by atoms with E-state index in [4.69, 9.17) is 0 Å². The Bertz CT molecular complexity index is 367. The van der Waals surface area contributed by atoms with Crippen LogP contribution in [-0.2, 0) is 6.42 Å². The first-order chi connectivity index (χ1) is 8.31. The van der Waals surface area contributed by atoms with Crippen molar-refractivity contribution >= 4 is 0 Å². The van der Waals surface area contributed by atoms with E-state index in [1.165, 1.54) is 44.6 Å². The van der Waals surface area contributed by atoms with Gasteiger partial charge in [-0.25, -0.2) is 4.98 Å². The Labute approximate surface area is 103 Å². The lowest BCUT2D eigenvalue weighted by atomic mass is 10.1. The predicted octanol–water partition coefficient (Wildman–Crippen LogP) is 1.12. The van der Waals surface area contributed by atoms with Gasteiger partial charge in [0.05, 0.1) is 0 Å². The quantitative estimate of drug-likeness (QED) is 0.824. The molecule has 4 heteroatoms. The number of likely N-dealkylation sites (tertiary alicyclic amines) is 1. The van der Waals surface area contributed by atoms with Gasteiger partial charge in [-0.3, -0.25) is 0 Å². The number of hydrogen-bond acceptors (Lipinski definition) is 3. The molecule has 2 unspecified atom stereocenters. The minimum atomic E-state index is 0.639. The van der Waals surface area contributed by atoms with Crippen LogP contribution in [0.1, 0.15) is 36.7 Å². The van der Waals surface area contributed by atoms with Crippen molar-refractivity contribution in [1.82, 2.24) is 20.2 Å². The van der Waals surface area contributed by atoms with Crippen LogP contribution in [0.25, 0.3) is 0 Å². The zero-order valence-electron chi connectivity index (χ0n) is 10.6. The number of imidazole rings is 1. The van der Waals surface area contributed by atoms with Gasteiger partial charge in [0, 0.05) is 36.8 Å². The summed E-state index contributed by atoms with van der Waals surface area (Å²) in [4.78, 5) is 10.5. The van der Waals surface area contributed by atoms with Crippen LogP contribution in [0.15, 0.2) is 6.20 Å². The predicted molar refractivity (Wildman–Crippen MR) is 68.2 cm³/mol. The molecule has 0 aliphatic carbocycles. The molecule has 4 nitrogen and oxygen atoms in total. The van der Waals surface area contributed by atoms with Crippen LogP contribution in [0.3, 0.4) is 0 Å². The minimum Gasteiger partial charge on any atom is -0.346 e. The number of aromatic amines is 1. The molecule has 2 atom stereocenters. The maximum absolute atomic E-state index is 4.54. The smallest absolute Gasteiger partial charge is 0.107 e. The van der Waals surface area contributed by atoms with Crippen molar-refractivity contribution in [2.45, 2.75) is 37.6 Å². The Hall–Kier alpha value is -0.870. The lowest BCUT2D eigenvalue weighted by Crippen LogP contribution is -2.24. The molecule has 2 aliphatic heterocycles. The van der Waals surface area contributed by atoms with Crippen LogP contribution in [0.2, 0.25) is 0 Å². The molecule has 3 heterocycles. The van der Waals surface area contributed by atoms with E-state index in [1.807, 2.05) is 6.20 Å². The van der Waals surface area contributed by atoms with Crippen molar-refractivity contribution in [3.8, 4) is 0 Å². The average molecular weight is 234 g/mol. The standard InChI is InChI=1S/C13H22N4/c1-17-6-4-10(9-17)12-8-15-13(16-12)7-11-3-2-5-14-11/h8,10-11,14H,2-7,9H2,1H3,(H,15,16). The van der Waals surface area contributed by atoms with Crippen LogP contribution in [0, 0.1) is 0 Å². The molecule has 2 N–H and O–H groups in total. The fourth-order valence-electron chi connectivity index (χ4n) is 3.04. The summed E-state index contributed by atoms with van der Waals surface area (Å²) >= 11 is 0. The first-order valence-electron chi connectivity index (χ1n) is 6.77. The van der Waals surface area contributed by atoms with Crippen LogP contribution in [0.4, 0.5) is 0 Å². The Morgan fingerprint density at radius 2 is 2.41 bits per heavy atom. The van der Waals surface area contributed by atoms with Gasteiger partial charge in [0.15, 0.2) is 0 Å². The van der Waals surface area contributed by atoms with E-state index in [2.05, 4.69) is 27.2 Å². The van der Waals surface area contributed by atoms with E-state index in [9.17, 15) is 0 Å². The van der Waals surface area contributed by atoms with E-state index in [1.54, 1.807) is 0 Å². The molecule has 0 spiro atoms. The van der Waals surface area contributed by atoms with Gasteiger partial charge in [-0.1, -0.05) is 0 Å². The van der Waals surface area contributed by atoms with Crippen LogP contribution < -0.4 is 5.32 Å². The third-order valence-electron chi connectivity index (χ3n) is 4.08. The first-order valence-corrected chi connectivity index (χ1v) is 6.77. The fourth-order valence-corrected chi connectivity index (χ4v) is 3.04. The first kappa shape index (κ1) is 11.2. The highest BCUT2D eigenvalue weighted by atomic mass is 15.1. The van der Waals surface area contributed by atoms with Gasteiger partial charge in [-0.15, -0.1) is 0 Å². The van der Waals surface area contributed by atoms with E-state index in [0.29, 0.717) is 12.0 Å². The van der Waals surface area contributed by atoms with E-state index >= 15 is 0 Å². The topological polar surface area (TPSA) is 44.0 Å². The maximum atomic E-state index is 4.54. The molecule has 2 saturated heterocycles. The number of likely N-dealkylation sites (N-methyl/N-ethyl adjacent to an activating group) is 1. The number of aromatic nitrogens is 2. The molecule has 2 aliphatic rings. The number of nitrogens with one attached hydrogen (secondary N) is 2. The van der Waals surface area contributed by atoms with Gasteiger partial charge < -0.3 is 15.2 Å². The van der Waals surface area contributed by atoms with Crippen molar-refractivity contribution in [2.75, 3.05) is 26.7 Å². The maximum Gasteiger partial charge on any atom is 0.107 e. The molecule has 2 fully saturated rings. The van der Waals surface area contributed by atoms with Gasteiger partial charge in [-0.05, 0) is 39.4 Å². The van der Waals surface area contributed by atoms with E-state index in [0.717, 1.165) is 12.2 Å². The Morgan fingerprint density at radius 1 is 1.47 bits per heavy atom. The molecule has 0 saturated carbocycles. The molecule has 1 aromatic rings. The summed E-state index contributed by atoms with van der Waals surface area (Å²) in [6.07, 6.45) is 6.98. The summed E-state index contributed by atoms with van der Waals surface area (Å²) in [6, 6.07) is 0.639. The third kappa shape index (κ3) is 2.53. The summed E-state index contributed by atoms with van der Waals surface area (Å²) in [5, 5.41) is 3.52. The average Bonchev–Trinajstić information content (AvgIpc) is 2.99. The summed E-state index contributed by atoms with van der Waals surface area (Å²) in [5.74, 6) is 1.83. The van der Waals surface area contributed by atoms with Gasteiger partial charge in [0.25, 0.3) is 0 Å². The molecule has 0 amide bonds. The van der Waals surface area contributed by atoms with Gasteiger partial charge in [0.2, 0.25) is 0 Å². The number of H-pyrrole nitrogens is 1. The molecular weight excluding hydrogens is 212 g/mol. The summed E-state index contributed by atoms with van der Waals surface area (Å²) in [7, 11) is 2.19. The second-order valence-electron chi connectivity index (χ2n) is 5.53. The number of rotatable bonds is 3. The van der Waals surface area contributed by atoms with Gasteiger partial charge in [0.1, 0.15) is 5.82 Å². The van der Waals surface area contributed by atoms with Crippen molar-refractivity contribution < 1.29 is 0 Å². The highest BCUT2D eigenvalue weighted by Crippen LogP contribution is 2.25. The van der Waals surface area contributed by atoms with Crippen molar-refractivity contribution in [3.63, 3.8) is 0 Å². The Balaban J connectivity index is 1.61. The second-order valence-corrected chi connectivity index (χ2v) is 5.53. The highest BCUT2D eigenvalue weighted by molar-refractivity contribution is 5.11. The molecule has 3 rings (SSSR count). The van der Waals surface area contributed by atoms with Gasteiger partial charge in [-0.2, -0.15) is 0 Å². The summed E-state index contributed by atoms with van der Waals surface area (Å²) in [6.45, 7) is 3.55. The Kier molecular flexibility index (Phi) is 3.16. The van der Waals surface area contributed by atoms with E-state index < -0.39 is 0 Å². The van der Waals surface area contributed by atoms with Crippen LogP contribution in [0.5, 0.6) is 0 Å². The minimum absolute atomic E-state index is 0.639. The van der Waals surface area contributed by atoms with Crippen LogP contribution >= 0.6 is 0 Å². The third-order valence-corrected chi connectivity index (χ3v) is 4.08. The van der Waals surface area contributed by atoms with E-state index in [-0.39, 0.29) is 0 Å². The van der Waals surface area contributed by atoms with Crippen molar-refractivity contribution in [3.05, 3.63) is 17.7 Å². The number of hydrogen-bond donors (Lipinski definition) is 2. The molecule has 0 bridgehead atoms. The SMILES string of the molecule is CN1CCC(c2cnc(CC3CCCN3)[nH]2)C1. The van der Waals surface area contributed by atoms with Crippen LogP contribution in [-0.4, -0.2) is 47.6 Å². The van der Waals surface area contributed by atoms with Crippen molar-refractivity contribution in [2.24, 2.45) is 0 Å². The second kappa shape index (κ2) is 4.78. The summed E-state index contributed by atoms with van der Waals surface area (Å²) in [5.41, 5.74) is 1.34. The molecule has 1 aromatic heterocycles. The van der Waals surface area contributed by atoms with Crippen molar-refractivity contribution in [1.29, 1.82) is 0 Å². The lowest BCUT2D eigenvalue weighted by Gasteiger charge is -2.09. The lowest BCUT2D eigenvalue weighted by molar-refractivity contribution is 0.411. The fraction of sp³-hybridized carbons (Fsp3) is 0.769. The molecule has 0 aromatic carbocycles. The highest BCUT2D eigenvalue weighted by Gasteiger charge is 2.23. The van der Waals surface area contributed by atoms with Gasteiger partial charge >= 0.3 is 0 Å². The summed E-state index contributed by atoms with van der Waals surface area (Å²) < 4.78 is 0. The monoisotopic (exact) mass is 234 g/mol. The molecule has 94 valence electrons. The zero-order valence-corrected chi connectivity index (χ0v) is 10.6. The molecular formula is C13H22N4. The Morgan fingerprint density at radius 3 is 3.12 bits per heavy atom. The largest absolute Gasteiger partial charge is 0.346 e.